The number of aromatic nitrogens is 4. The van der Waals surface area contributed by atoms with E-state index in [0.717, 1.165) is 30.1 Å². The summed E-state index contributed by atoms with van der Waals surface area (Å²) >= 11 is 1.67. The highest BCUT2D eigenvalue weighted by molar-refractivity contribution is 7.09. The van der Waals surface area contributed by atoms with E-state index in [-0.39, 0.29) is 6.04 Å². The monoisotopic (exact) mass is 237 g/mol. The van der Waals surface area contributed by atoms with E-state index in [0.29, 0.717) is 0 Å². The standard InChI is InChI=1S/C10H15N5S/c1-2-3-11-8(9-7-13-15-14-9)6-10-12-4-5-16-10/h4-5,7-8,11H,2-3,6H2,1H3,(H,13,14,15). The highest BCUT2D eigenvalue weighted by Gasteiger charge is 2.15. The molecule has 2 heterocycles. The minimum atomic E-state index is 0.199. The highest BCUT2D eigenvalue weighted by atomic mass is 32.1. The van der Waals surface area contributed by atoms with Gasteiger partial charge in [-0.15, -0.1) is 11.3 Å². The van der Waals surface area contributed by atoms with Gasteiger partial charge in [0.25, 0.3) is 0 Å². The Bertz CT molecular complexity index is 383. The van der Waals surface area contributed by atoms with Crippen LogP contribution in [0, 0.1) is 0 Å². The molecule has 0 spiro atoms. The van der Waals surface area contributed by atoms with Crippen LogP contribution in [0.4, 0.5) is 0 Å². The van der Waals surface area contributed by atoms with Crippen LogP contribution in [0.1, 0.15) is 30.1 Å². The molecule has 2 rings (SSSR count). The molecule has 0 aliphatic rings. The van der Waals surface area contributed by atoms with Crippen molar-refractivity contribution in [1.82, 2.24) is 25.7 Å². The van der Waals surface area contributed by atoms with Crippen molar-refractivity contribution in [2.45, 2.75) is 25.8 Å². The van der Waals surface area contributed by atoms with E-state index in [2.05, 4.69) is 32.6 Å². The molecule has 16 heavy (non-hydrogen) atoms. The molecule has 0 amide bonds. The topological polar surface area (TPSA) is 66.5 Å². The zero-order valence-electron chi connectivity index (χ0n) is 9.18. The molecule has 0 radical (unpaired) electrons. The third-order valence-electron chi connectivity index (χ3n) is 2.29. The Hall–Kier alpha value is -1.27. The van der Waals surface area contributed by atoms with Crippen molar-refractivity contribution in [3.63, 3.8) is 0 Å². The molecule has 0 aliphatic carbocycles. The Morgan fingerprint density at radius 3 is 3.12 bits per heavy atom. The molecule has 1 atom stereocenters. The van der Waals surface area contributed by atoms with Crippen molar-refractivity contribution >= 4 is 11.3 Å². The van der Waals surface area contributed by atoms with Crippen LogP contribution in [-0.2, 0) is 6.42 Å². The fourth-order valence-electron chi connectivity index (χ4n) is 1.51. The van der Waals surface area contributed by atoms with Crippen LogP contribution in [0.2, 0.25) is 0 Å². The zero-order valence-corrected chi connectivity index (χ0v) is 10.00. The van der Waals surface area contributed by atoms with Crippen molar-refractivity contribution in [1.29, 1.82) is 0 Å². The third kappa shape index (κ3) is 2.86. The molecule has 0 fully saturated rings. The zero-order chi connectivity index (χ0) is 11.2. The summed E-state index contributed by atoms with van der Waals surface area (Å²) in [6.45, 7) is 3.12. The smallest absolute Gasteiger partial charge is 0.0998 e. The van der Waals surface area contributed by atoms with Gasteiger partial charge in [-0.2, -0.15) is 15.4 Å². The average molecular weight is 237 g/mol. The Kier molecular flexibility index (Phi) is 4.01. The van der Waals surface area contributed by atoms with Crippen molar-refractivity contribution in [2.24, 2.45) is 0 Å². The maximum absolute atomic E-state index is 4.29. The maximum Gasteiger partial charge on any atom is 0.0998 e. The summed E-state index contributed by atoms with van der Waals surface area (Å²) in [5.74, 6) is 0. The fraction of sp³-hybridized carbons (Fsp3) is 0.500. The number of aromatic amines is 1. The summed E-state index contributed by atoms with van der Waals surface area (Å²) in [6, 6.07) is 0.199. The third-order valence-corrected chi connectivity index (χ3v) is 3.10. The largest absolute Gasteiger partial charge is 0.308 e. The minimum absolute atomic E-state index is 0.199. The molecule has 86 valence electrons. The van der Waals surface area contributed by atoms with Crippen molar-refractivity contribution < 1.29 is 0 Å². The highest BCUT2D eigenvalue weighted by Crippen LogP contribution is 2.17. The van der Waals surface area contributed by atoms with Gasteiger partial charge in [-0.1, -0.05) is 6.92 Å². The SMILES string of the molecule is CCCNC(Cc1nccs1)c1cn[nH]n1. The Labute approximate surface area is 98.3 Å². The molecule has 2 N–H and O–H groups in total. The number of nitrogens with zero attached hydrogens (tertiary/aromatic N) is 3. The van der Waals surface area contributed by atoms with Crippen LogP contribution in [0.5, 0.6) is 0 Å². The van der Waals surface area contributed by atoms with Crippen molar-refractivity contribution in [2.75, 3.05) is 6.54 Å². The summed E-state index contributed by atoms with van der Waals surface area (Å²) in [5.41, 5.74) is 0.948. The van der Waals surface area contributed by atoms with E-state index in [1.54, 1.807) is 17.5 Å². The van der Waals surface area contributed by atoms with Gasteiger partial charge in [-0.05, 0) is 13.0 Å². The molecule has 0 aliphatic heterocycles. The number of hydrogen-bond acceptors (Lipinski definition) is 5. The molecular formula is C10H15N5S. The van der Waals surface area contributed by atoms with E-state index in [1.807, 2.05) is 11.6 Å². The Morgan fingerprint density at radius 1 is 1.56 bits per heavy atom. The van der Waals surface area contributed by atoms with Gasteiger partial charge >= 0.3 is 0 Å². The van der Waals surface area contributed by atoms with E-state index in [1.165, 1.54) is 0 Å². The van der Waals surface area contributed by atoms with Gasteiger partial charge in [0.2, 0.25) is 0 Å². The Morgan fingerprint density at radius 2 is 2.50 bits per heavy atom. The minimum Gasteiger partial charge on any atom is -0.308 e. The first-order chi connectivity index (χ1) is 7.90. The lowest BCUT2D eigenvalue weighted by Gasteiger charge is -2.14. The first kappa shape index (κ1) is 11.2. The Balaban J connectivity index is 2.03. The number of H-pyrrole nitrogens is 1. The lowest BCUT2D eigenvalue weighted by molar-refractivity contribution is 0.516. The molecular weight excluding hydrogens is 222 g/mol. The van der Waals surface area contributed by atoms with Crippen LogP contribution in [0.15, 0.2) is 17.8 Å². The second-order valence-corrected chi connectivity index (χ2v) is 4.51. The van der Waals surface area contributed by atoms with E-state index >= 15 is 0 Å². The van der Waals surface area contributed by atoms with Gasteiger partial charge in [0.1, 0.15) is 0 Å². The quantitative estimate of drug-likeness (QED) is 0.800. The molecule has 5 nitrogen and oxygen atoms in total. The molecule has 2 aromatic heterocycles. The molecule has 0 aromatic carbocycles. The first-order valence-corrected chi connectivity index (χ1v) is 6.25. The average Bonchev–Trinajstić information content (AvgIpc) is 2.96. The van der Waals surface area contributed by atoms with Gasteiger partial charge in [0, 0.05) is 18.0 Å². The fourth-order valence-corrected chi connectivity index (χ4v) is 2.17. The van der Waals surface area contributed by atoms with Gasteiger partial charge < -0.3 is 5.32 Å². The maximum atomic E-state index is 4.29. The molecule has 0 bridgehead atoms. The number of thiazole rings is 1. The second-order valence-electron chi connectivity index (χ2n) is 3.53. The molecule has 6 heteroatoms. The predicted octanol–water partition coefficient (Wildman–Crippen LogP) is 1.54. The summed E-state index contributed by atoms with van der Waals surface area (Å²) in [4.78, 5) is 4.29. The van der Waals surface area contributed by atoms with Gasteiger partial charge in [0.05, 0.1) is 22.9 Å². The lowest BCUT2D eigenvalue weighted by Crippen LogP contribution is -2.24. The van der Waals surface area contributed by atoms with Crippen molar-refractivity contribution in [3.8, 4) is 0 Å². The molecule has 0 saturated heterocycles. The second kappa shape index (κ2) is 5.72. The van der Waals surface area contributed by atoms with Crippen LogP contribution in [0.25, 0.3) is 0 Å². The van der Waals surface area contributed by atoms with Crippen LogP contribution in [-0.4, -0.2) is 26.9 Å². The normalized spacial score (nSPS) is 12.8. The summed E-state index contributed by atoms with van der Waals surface area (Å²) in [6.07, 6.45) is 5.57. The number of rotatable bonds is 6. The number of nitrogens with one attached hydrogen (secondary N) is 2. The summed E-state index contributed by atoms with van der Waals surface area (Å²) < 4.78 is 0. The molecule has 2 aromatic rings. The van der Waals surface area contributed by atoms with E-state index in [9.17, 15) is 0 Å². The van der Waals surface area contributed by atoms with Crippen molar-refractivity contribution in [3.05, 3.63) is 28.5 Å². The molecule has 0 saturated carbocycles. The molecule has 1 unspecified atom stereocenters. The van der Waals surface area contributed by atoms with Crippen LogP contribution < -0.4 is 5.32 Å². The van der Waals surface area contributed by atoms with Gasteiger partial charge in [-0.25, -0.2) is 4.98 Å². The number of hydrogen-bond donors (Lipinski definition) is 2. The lowest BCUT2D eigenvalue weighted by atomic mass is 10.1. The predicted molar refractivity (Wildman–Crippen MR) is 63.2 cm³/mol. The summed E-state index contributed by atoms with van der Waals surface area (Å²) in [7, 11) is 0. The van der Waals surface area contributed by atoms with Crippen LogP contribution >= 0.6 is 11.3 Å². The van der Waals surface area contributed by atoms with E-state index in [4.69, 9.17) is 0 Å². The summed E-state index contributed by atoms with van der Waals surface area (Å²) in [5, 5.41) is 17.2. The van der Waals surface area contributed by atoms with E-state index < -0.39 is 0 Å². The van der Waals surface area contributed by atoms with Gasteiger partial charge in [0.15, 0.2) is 0 Å². The van der Waals surface area contributed by atoms with Gasteiger partial charge in [-0.3, -0.25) is 0 Å². The van der Waals surface area contributed by atoms with Crippen LogP contribution in [0.3, 0.4) is 0 Å². The first-order valence-electron chi connectivity index (χ1n) is 5.37.